The number of rotatable bonds is 9. The van der Waals surface area contributed by atoms with Gasteiger partial charge in [-0.2, -0.15) is 0 Å². The zero-order valence-corrected chi connectivity index (χ0v) is 21.7. The van der Waals surface area contributed by atoms with E-state index in [1.165, 1.54) is 22.9 Å². The monoisotopic (exact) mass is 465 g/mol. The van der Waals surface area contributed by atoms with Gasteiger partial charge in [-0.25, -0.2) is 0 Å². The molecule has 0 spiro atoms. The van der Waals surface area contributed by atoms with Crippen LogP contribution in [-0.4, -0.2) is 24.9 Å². The molecule has 0 aliphatic heterocycles. The van der Waals surface area contributed by atoms with Crippen molar-refractivity contribution < 1.29 is 9.59 Å². The number of hydrogen-bond donors (Lipinski definition) is 3. The maximum absolute atomic E-state index is 12.7. The number of amides is 2. The number of allylic oxidation sites excluding steroid dienone is 5. The van der Waals surface area contributed by atoms with Crippen molar-refractivity contribution in [2.75, 3.05) is 13.1 Å². The van der Waals surface area contributed by atoms with Gasteiger partial charge in [0.15, 0.2) is 0 Å². The molecule has 0 bridgehead atoms. The quantitative estimate of drug-likeness (QED) is 0.338. The van der Waals surface area contributed by atoms with Gasteiger partial charge in [0.2, 0.25) is 5.91 Å². The Kier molecular flexibility index (Phi) is 12.7. The third-order valence-electron chi connectivity index (χ3n) is 6.39. The molecule has 1 aromatic carbocycles. The minimum atomic E-state index is -0.332. The highest BCUT2D eigenvalue weighted by Crippen LogP contribution is 2.39. The molecule has 1 atom stereocenters. The SMILES string of the molecule is C/C=C\N.C=C/C=C(/CNC(=O)c1ccc2c(c1)CCC(CC)(C(=O)NCC)C2)C/C(C)=C\C. The van der Waals surface area contributed by atoms with Crippen molar-refractivity contribution in [3.05, 3.63) is 83.1 Å². The second-order valence-electron chi connectivity index (χ2n) is 8.73. The number of carbonyl (C=O) groups is 2. The highest BCUT2D eigenvalue weighted by atomic mass is 16.2. The first-order chi connectivity index (χ1) is 16.3. The first kappa shape index (κ1) is 29.0. The van der Waals surface area contributed by atoms with Crippen molar-refractivity contribution in [2.45, 2.75) is 66.7 Å². The van der Waals surface area contributed by atoms with E-state index in [0.29, 0.717) is 18.7 Å². The first-order valence-electron chi connectivity index (χ1n) is 12.2. The predicted molar refractivity (Wildman–Crippen MR) is 144 cm³/mol. The van der Waals surface area contributed by atoms with Crippen LogP contribution in [0.1, 0.15) is 75.4 Å². The molecule has 0 fully saturated rings. The van der Waals surface area contributed by atoms with E-state index in [2.05, 4.69) is 37.1 Å². The Bertz CT molecular complexity index is 923. The molecule has 2 amide bonds. The van der Waals surface area contributed by atoms with Crippen molar-refractivity contribution in [1.82, 2.24) is 10.6 Å². The molecule has 5 heteroatoms. The first-order valence-corrected chi connectivity index (χ1v) is 12.2. The van der Waals surface area contributed by atoms with Crippen LogP contribution in [0.2, 0.25) is 0 Å². The van der Waals surface area contributed by atoms with E-state index in [1.54, 1.807) is 12.2 Å². The molecule has 34 heavy (non-hydrogen) atoms. The van der Waals surface area contributed by atoms with Gasteiger partial charge in [-0.15, -0.1) is 0 Å². The summed E-state index contributed by atoms with van der Waals surface area (Å²) in [6.45, 7) is 15.0. The van der Waals surface area contributed by atoms with Crippen LogP contribution in [0.5, 0.6) is 0 Å². The molecule has 0 saturated heterocycles. The van der Waals surface area contributed by atoms with E-state index in [-0.39, 0.29) is 17.2 Å². The second-order valence-corrected chi connectivity index (χ2v) is 8.73. The zero-order chi connectivity index (χ0) is 25.6. The van der Waals surface area contributed by atoms with Gasteiger partial charge in [0.05, 0.1) is 5.41 Å². The largest absolute Gasteiger partial charge is 0.405 e. The molecule has 1 aliphatic rings. The normalized spacial score (nSPS) is 17.9. The summed E-state index contributed by atoms with van der Waals surface area (Å²) in [7, 11) is 0. The maximum atomic E-state index is 12.7. The summed E-state index contributed by atoms with van der Waals surface area (Å²) < 4.78 is 0. The number of benzene rings is 1. The number of carbonyl (C=O) groups excluding carboxylic acids is 2. The van der Waals surface area contributed by atoms with Gasteiger partial charge in [0.1, 0.15) is 0 Å². The summed E-state index contributed by atoms with van der Waals surface area (Å²) in [6.07, 6.45) is 13.1. The summed E-state index contributed by atoms with van der Waals surface area (Å²) in [5, 5.41) is 6.04. The van der Waals surface area contributed by atoms with Crippen LogP contribution in [0, 0.1) is 5.41 Å². The molecule has 186 valence electrons. The fourth-order valence-electron chi connectivity index (χ4n) is 4.11. The Morgan fingerprint density at radius 1 is 1.18 bits per heavy atom. The maximum Gasteiger partial charge on any atom is 0.251 e. The number of hydrogen-bond acceptors (Lipinski definition) is 3. The van der Waals surface area contributed by atoms with Crippen molar-refractivity contribution in [3.63, 3.8) is 0 Å². The summed E-state index contributed by atoms with van der Waals surface area (Å²) in [5.41, 5.74) is 9.95. The van der Waals surface area contributed by atoms with E-state index in [9.17, 15) is 9.59 Å². The van der Waals surface area contributed by atoms with Crippen molar-refractivity contribution in [1.29, 1.82) is 0 Å². The minimum Gasteiger partial charge on any atom is -0.405 e. The summed E-state index contributed by atoms with van der Waals surface area (Å²) >= 11 is 0. The Labute approximate surface area is 206 Å². The fraction of sp³-hybridized carbons (Fsp3) is 0.448. The standard InChI is InChI=1S/C26H36N2O2.C3H7N/c1-6-10-20(15-19(5)7-2)18-28-24(29)22-11-12-23-17-26(8-3,25(30)27-9-4)14-13-21(23)16-22;1-2-3-4/h6-7,10-12,16H,1,8-9,13-15,17-18H2,2-5H3,(H,27,30)(H,28,29);2-3H,4H2,1H3/b19-7-,20-10+;3-2-. The molecular formula is C29H43N3O2. The number of nitrogens with two attached hydrogens (primary N) is 1. The average Bonchev–Trinajstić information content (AvgIpc) is 2.86. The van der Waals surface area contributed by atoms with E-state index >= 15 is 0 Å². The molecule has 1 aliphatic carbocycles. The third kappa shape index (κ3) is 8.36. The van der Waals surface area contributed by atoms with Gasteiger partial charge < -0.3 is 16.4 Å². The van der Waals surface area contributed by atoms with E-state index in [0.717, 1.165) is 37.7 Å². The second kappa shape index (κ2) is 14.9. The molecule has 5 nitrogen and oxygen atoms in total. The average molecular weight is 466 g/mol. The molecule has 0 saturated carbocycles. The number of aryl methyl sites for hydroxylation is 1. The number of fused-ring (bicyclic) bond motifs is 1. The predicted octanol–water partition coefficient (Wildman–Crippen LogP) is 5.39. The van der Waals surface area contributed by atoms with E-state index in [1.807, 2.05) is 45.0 Å². The summed E-state index contributed by atoms with van der Waals surface area (Å²) in [5.74, 6) is 0.0832. The lowest BCUT2D eigenvalue weighted by Crippen LogP contribution is -2.44. The van der Waals surface area contributed by atoms with Crippen LogP contribution < -0.4 is 16.4 Å². The molecule has 2 rings (SSSR count). The minimum absolute atomic E-state index is 0.0676. The van der Waals surface area contributed by atoms with E-state index in [4.69, 9.17) is 5.73 Å². The third-order valence-corrected chi connectivity index (χ3v) is 6.39. The summed E-state index contributed by atoms with van der Waals surface area (Å²) in [4.78, 5) is 25.4. The van der Waals surface area contributed by atoms with Crippen LogP contribution in [0.3, 0.4) is 0 Å². The molecule has 1 unspecified atom stereocenters. The lowest BCUT2D eigenvalue weighted by atomic mass is 9.69. The highest BCUT2D eigenvalue weighted by molar-refractivity contribution is 5.94. The van der Waals surface area contributed by atoms with Crippen LogP contribution in [0.15, 0.2) is 66.4 Å². The topological polar surface area (TPSA) is 84.2 Å². The molecule has 0 heterocycles. The Balaban J connectivity index is 0.00000133. The van der Waals surface area contributed by atoms with Crippen LogP contribution in [0.25, 0.3) is 0 Å². The van der Waals surface area contributed by atoms with Crippen molar-refractivity contribution in [3.8, 4) is 0 Å². The molecule has 4 N–H and O–H groups in total. The smallest absolute Gasteiger partial charge is 0.251 e. The lowest BCUT2D eigenvalue weighted by Gasteiger charge is -2.36. The van der Waals surface area contributed by atoms with Crippen LogP contribution >= 0.6 is 0 Å². The Morgan fingerprint density at radius 3 is 2.44 bits per heavy atom. The van der Waals surface area contributed by atoms with Crippen LogP contribution in [-0.2, 0) is 17.6 Å². The van der Waals surface area contributed by atoms with Crippen molar-refractivity contribution >= 4 is 11.8 Å². The van der Waals surface area contributed by atoms with Gasteiger partial charge >= 0.3 is 0 Å². The van der Waals surface area contributed by atoms with Gasteiger partial charge in [0.25, 0.3) is 5.91 Å². The Hall–Kier alpha value is -3.08. The highest BCUT2D eigenvalue weighted by Gasteiger charge is 2.39. The molecule has 1 aromatic rings. The molecule has 0 radical (unpaired) electrons. The van der Waals surface area contributed by atoms with Gasteiger partial charge in [-0.3, -0.25) is 9.59 Å². The summed E-state index contributed by atoms with van der Waals surface area (Å²) in [6, 6.07) is 5.90. The van der Waals surface area contributed by atoms with Gasteiger partial charge in [-0.1, -0.05) is 49.4 Å². The molecule has 0 aromatic heterocycles. The Morgan fingerprint density at radius 2 is 1.88 bits per heavy atom. The zero-order valence-electron chi connectivity index (χ0n) is 21.7. The van der Waals surface area contributed by atoms with E-state index < -0.39 is 0 Å². The number of nitrogens with one attached hydrogen (secondary N) is 2. The van der Waals surface area contributed by atoms with Crippen molar-refractivity contribution in [2.24, 2.45) is 11.1 Å². The lowest BCUT2D eigenvalue weighted by molar-refractivity contribution is -0.132. The van der Waals surface area contributed by atoms with Gasteiger partial charge in [0, 0.05) is 18.7 Å². The van der Waals surface area contributed by atoms with Gasteiger partial charge in [-0.05, 0) is 94.8 Å². The van der Waals surface area contributed by atoms with Crippen LogP contribution in [0.4, 0.5) is 0 Å². The molecular weight excluding hydrogens is 422 g/mol. The fourth-order valence-corrected chi connectivity index (χ4v) is 4.11.